The molecule has 0 radical (unpaired) electrons. The van der Waals surface area contributed by atoms with Gasteiger partial charge in [-0.25, -0.2) is 0 Å². The average molecular weight is 252 g/mol. The second kappa shape index (κ2) is 6.62. The lowest BCUT2D eigenvalue weighted by molar-refractivity contribution is 0.680. The summed E-state index contributed by atoms with van der Waals surface area (Å²) in [5, 5.41) is 0. The topological polar surface area (TPSA) is 19.0 Å². The standard InChI is InChI=1S/C15H24N2.FH/c1-4-6-8-17(9-7-5-2)15-11-13-12(3)10-14(15)16-13;/h10-11,16H,4-9H2,1-3H3;1H. The Kier molecular flexibility index (Phi) is 5.45. The summed E-state index contributed by atoms with van der Waals surface area (Å²) in [5.74, 6) is 0. The van der Waals surface area contributed by atoms with Crippen LogP contribution in [-0.2, 0) is 0 Å². The molecule has 0 unspecified atom stereocenters. The van der Waals surface area contributed by atoms with Crippen LogP contribution in [0.25, 0.3) is 11.0 Å². The number of aromatic amines is 1. The normalized spacial score (nSPS) is 10.8. The summed E-state index contributed by atoms with van der Waals surface area (Å²) < 4.78 is 0. The second-order valence-corrected chi connectivity index (χ2v) is 5.00. The van der Waals surface area contributed by atoms with Crippen molar-refractivity contribution in [1.29, 1.82) is 0 Å². The summed E-state index contributed by atoms with van der Waals surface area (Å²) in [5.41, 5.74) is 5.39. The zero-order valence-electron chi connectivity index (χ0n) is 11.8. The van der Waals surface area contributed by atoms with Crippen LogP contribution in [0.3, 0.4) is 0 Å². The minimum Gasteiger partial charge on any atom is -0.370 e. The van der Waals surface area contributed by atoms with Gasteiger partial charge < -0.3 is 9.88 Å². The zero-order valence-corrected chi connectivity index (χ0v) is 11.8. The number of aromatic nitrogens is 1. The number of nitrogens with zero attached hydrogens (tertiary/aromatic N) is 1. The highest BCUT2D eigenvalue weighted by Gasteiger charge is 2.13. The Labute approximate surface area is 109 Å². The van der Waals surface area contributed by atoms with Gasteiger partial charge in [-0.05, 0) is 37.5 Å². The first kappa shape index (κ1) is 14.8. The maximum atomic E-state index is 3.47. The highest BCUT2D eigenvalue weighted by Crippen LogP contribution is 2.30. The molecule has 0 spiro atoms. The van der Waals surface area contributed by atoms with Crippen molar-refractivity contribution < 1.29 is 4.70 Å². The number of aryl methyl sites for hydroxylation is 1. The Morgan fingerprint density at radius 3 is 2.00 bits per heavy atom. The molecule has 3 heteroatoms. The first-order valence-corrected chi connectivity index (χ1v) is 6.92. The molecule has 0 amide bonds. The molecule has 0 aromatic carbocycles. The van der Waals surface area contributed by atoms with E-state index < -0.39 is 0 Å². The van der Waals surface area contributed by atoms with Gasteiger partial charge >= 0.3 is 0 Å². The van der Waals surface area contributed by atoms with Crippen LogP contribution < -0.4 is 4.90 Å². The number of fused-ring (bicyclic) bond motifs is 2. The van der Waals surface area contributed by atoms with Crippen LogP contribution in [0.1, 0.15) is 45.1 Å². The van der Waals surface area contributed by atoms with E-state index in [2.05, 4.69) is 42.8 Å². The largest absolute Gasteiger partial charge is 0.370 e. The number of anilines is 1. The van der Waals surface area contributed by atoms with Gasteiger partial charge in [0, 0.05) is 18.6 Å². The lowest BCUT2D eigenvalue weighted by atomic mass is 10.2. The number of nitrogens with one attached hydrogen (secondary N) is 1. The fourth-order valence-electron chi connectivity index (χ4n) is 2.39. The van der Waals surface area contributed by atoms with Crippen molar-refractivity contribution in [2.75, 3.05) is 18.0 Å². The molecule has 0 saturated heterocycles. The zero-order chi connectivity index (χ0) is 12.3. The smallest absolute Gasteiger partial charge is 0.0626 e. The molecule has 0 aliphatic rings. The second-order valence-electron chi connectivity index (χ2n) is 5.00. The highest BCUT2D eigenvalue weighted by atomic mass is 19.0. The minimum atomic E-state index is 0. The quantitative estimate of drug-likeness (QED) is 0.770. The molecule has 102 valence electrons. The van der Waals surface area contributed by atoms with E-state index in [1.54, 1.807) is 0 Å². The van der Waals surface area contributed by atoms with E-state index in [0.29, 0.717) is 0 Å². The Morgan fingerprint density at radius 2 is 1.61 bits per heavy atom. The number of benzene rings is 1. The fourth-order valence-corrected chi connectivity index (χ4v) is 2.39. The predicted molar refractivity (Wildman–Crippen MR) is 78.8 cm³/mol. The number of hydrogen-bond acceptors (Lipinski definition) is 1. The molecular formula is C15H25FN2. The molecule has 2 nitrogen and oxygen atoms in total. The number of H-pyrrole nitrogens is 1. The molecule has 0 aliphatic carbocycles. The van der Waals surface area contributed by atoms with Crippen molar-refractivity contribution in [3.05, 3.63) is 17.7 Å². The molecule has 0 aliphatic heterocycles. The highest BCUT2D eigenvalue weighted by molar-refractivity contribution is 5.86. The van der Waals surface area contributed by atoms with Crippen LogP contribution in [0.15, 0.2) is 12.1 Å². The van der Waals surface area contributed by atoms with Crippen LogP contribution in [0.4, 0.5) is 10.4 Å². The van der Waals surface area contributed by atoms with Gasteiger partial charge in [0.2, 0.25) is 0 Å². The Hall–Kier alpha value is -1.25. The van der Waals surface area contributed by atoms with Gasteiger partial charge in [0.25, 0.3) is 0 Å². The molecule has 2 aromatic heterocycles. The molecule has 18 heavy (non-hydrogen) atoms. The van der Waals surface area contributed by atoms with Crippen molar-refractivity contribution in [3.63, 3.8) is 0 Å². The third-order valence-electron chi connectivity index (χ3n) is 3.52. The third kappa shape index (κ3) is 2.95. The molecule has 2 aromatic rings. The maximum Gasteiger partial charge on any atom is 0.0626 e. The molecule has 2 bridgehead atoms. The maximum absolute atomic E-state index is 3.47. The van der Waals surface area contributed by atoms with Gasteiger partial charge in [0.1, 0.15) is 0 Å². The summed E-state index contributed by atoms with van der Waals surface area (Å²) in [6, 6.07) is 4.59. The average Bonchev–Trinajstić information content (AvgIpc) is 2.88. The van der Waals surface area contributed by atoms with E-state index in [4.69, 9.17) is 0 Å². The SMILES string of the molecule is CCCCN(CCCC)c1cc2[nH]c1cc2C.F. The summed E-state index contributed by atoms with van der Waals surface area (Å²) in [7, 11) is 0. The Bertz CT molecular complexity index is 441. The number of hydrogen-bond donors (Lipinski definition) is 1. The van der Waals surface area contributed by atoms with E-state index in [1.807, 2.05) is 0 Å². The van der Waals surface area contributed by atoms with E-state index in [1.165, 1.54) is 61.1 Å². The van der Waals surface area contributed by atoms with Gasteiger partial charge in [0.05, 0.1) is 11.2 Å². The van der Waals surface area contributed by atoms with Crippen LogP contribution in [0.5, 0.6) is 0 Å². The van der Waals surface area contributed by atoms with E-state index in [0.717, 1.165) is 0 Å². The van der Waals surface area contributed by atoms with Gasteiger partial charge in [-0.15, -0.1) is 0 Å². The van der Waals surface area contributed by atoms with Gasteiger partial charge in [-0.2, -0.15) is 0 Å². The number of halogens is 1. The molecule has 0 saturated carbocycles. The first-order chi connectivity index (χ1) is 8.26. The summed E-state index contributed by atoms with van der Waals surface area (Å²) in [6.45, 7) is 9.07. The molecule has 1 N–H and O–H groups in total. The lowest BCUT2D eigenvalue weighted by Gasteiger charge is -2.24. The predicted octanol–water partition coefficient (Wildman–Crippen LogP) is 4.47. The first-order valence-electron chi connectivity index (χ1n) is 6.92. The Morgan fingerprint density at radius 1 is 1.00 bits per heavy atom. The van der Waals surface area contributed by atoms with Gasteiger partial charge in [-0.1, -0.05) is 26.7 Å². The Balaban J connectivity index is 0.00000162. The van der Waals surface area contributed by atoms with Crippen LogP contribution in [-0.4, -0.2) is 18.1 Å². The van der Waals surface area contributed by atoms with Gasteiger partial charge in [-0.3, -0.25) is 4.70 Å². The lowest BCUT2D eigenvalue weighted by Crippen LogP contribution is -2.25. The van der Waals surface area contributed by atoms with Crippen LogP contribution in [0.2, 0.25) is 0 Å². The van der Waals surface area contributed by atoms with Crippen LogP contribution in [0, 0.1) is 6.92 Å². The van der Waals surface area contributed by atoms with Gasteiger partial charge in [0.15, 0.2) is 0 Å². The molecule has 2 heterocycles. The molecule has 0 fully saturated rings. The number of unbranched alkanes of at least 4 members (excludes halogenated alkanes) is 2. The number of rotatable bonds is 7. The van der Waals surface area contributed by atoms with Crippen molar-refractivity contribution >= 4 is 16.7 Å². The third-order valence-corrected chi connectivity index (χ3v) is 3.52. The van der Waals surface area contributed by atoms with E-state index in [9.17, 15) is 0 Å². The molecule has 2 rings (SSSR count). The van der Waals surface area contributed by atoms with E-state index >= 15 is 0 Å². The minimum absolute atomic E-state index is 0. The van der Waals surface area contributed by atoms with Crippen molar-refractivity contribution in [2.45, 2.75) is 46.5 Å². The van der Waals surface area contributed by atoms with Crippen molar-refractivity contribution in [3.8, 4) is 0 Å². The summed E-state index contributed by atoms with van der Waals surface area (Å²) in [6.07, 6.45) is 5.10. The summed E-state index contributed by atoms with van der Waals surface area (Å²) >= 11 is 0. The molecule has 0 atom stereocenters. The van der Waals surface area contributed by atoms with Crippen molar-refractivity contribution in [1.82, 2.24) is 4.98 Å². The fraction of sp³-hybridized carbons (Fsp3) is 0.600. The summed E-state index contributed by atoms with van der Waals surface area (Å²) in [4.78, 5) is 6.01. The monoisotopic (exact) mass is 252 g/mol. The molecular weight excluding hydrogens is 227 g/mol. The van der Waals surface area contributed by atoms with Crippen LogP contribution >= 0.6 is 0 Å². The van der Waals surface area contributed by atoms with E-state index in [-0.39, 0.29) is 4.70 Å². The van der Waals surface area contributed by atoms with Crippen molar-refractivity contribution in [2.24, 2.45) is 0 Å².